The molecule has 1 fully saturated rings. The van der Waals surface area contributed by atoms with Gasteiger partial charge in [-0.15, -0.1) is 0 Å². The lowest BCUT2D eigenvalue weighted by Gasteiger charge is -2.19. The van der Waals surface area contributed by atoms with Gasteiger partial charge in [-0.3, -0.25) is 14.8 Å². The molecular weight excluding hydrogens is 387 g/mol. The molecule has 0 bridgehead atoms. The van der Waals surface area contributed by atoms with Crippen molar-refractivity contribution >= 4 is 11.0 Å². The van der Waals surface area contributed by atoms with Crippen LogP contribution in [0.15, 0.2) is 27.8 Å². The van der Waals surface area contributed by atoms with Gasteiger partial charge in [0.25, 0.3) is 5.56 Å². The van der Waals surface area contributed by atoms with Gasteiger partial charge in [0.15, 0.2) is 0 Å². The lowest BCUT2D eigenvalue weighted by Crippen LogP contribution is -2.24. The molecule has 0 spiro atoms. The first kappa shape index (κ1) is 18.4. The standard InChI is InChI=1S/C17H13F5N4O2/c18-6-11-12-14(23-16(28)24-15(12)27)26(25-11)13(7-1-2-7)8-3-4-9(10(19)5-8)17(20,21)22/h3-5,7,13H,1-2,6H2,(H2,23,24,27,28). The molecule has 4 rings (SSSR count). The van der Waals surface area contributed by atoms with E-state index in [-0.39, 0.29) is 28.2 Å². The lowest BCUT2D eigenvalue weighted by molar-refractivity contribution is -0.140. The van der Waals surface area contributed by atoms with Crippen LogP contribution in [0.2, 0.25) is 0 Å². The number of aromatic nitrogens is 4. The van der Waals surface area contributed by atoms with Crippen LogP contribution in [0.3, 0.4) is 0 Å². The van der Waals surface area contributed by atoms with Crippen molar-refractivity contribution in [3.05, 3.63) is 61.7 Å². The van der Waals surface area contributed by atoms with Crippen molar-refractivity contribution in [1.29, 1.82) is 0 Å². The summed E-state index contributed by atoms with van der Waals surface area (Å²) in [4.78, 5) is 28.1. The Kier molecular flexibility index (Phi) is 4.12. The van der Waals surface area contributed by atoms with Gasteiger partial charge in [0, 0.05) is 0 Å². The van der Waals surface area contributed by atoms with Gasteiger partial charge in [-0.05, 0) is 36.5 Å². The molecule has 28 heavy (non-hydrogen) atoms. The molecule has 1 aromatic carbocycles. The number of rotatable bonds is 4. The summed E-state index contributed by atoms with van der Waals surface area (Å²) in [5.41, 5.74) is -3.15. The van der Waals surface area contributed by atoms with E-state index in [1.54, 1.807) is 0 Å². The number of alkyl halides is 4. The number of benzene rings is 1. The molecular formula is C17H13F5N4O2. The fraction of sp³-hybridized carbons (Fsp3) is 0.353. The van der Waals surface area contributed by atoms with Gasteiger partial charge in [0.1, 0.15) is 29.2 Å². The van der Waals surface area contributed by atoms with Gasteiger partial charge < -0.3 is 0 Å². The predicted octanol–water partition coefficient (Wildman–Crippen LogP) is 3.04. The molecule has 0 radical (unpaired) electrons. The second kappa shape index (κ2) is 6.28. The van der Waals surface area contributed by atoms with E-state index in [1.807, 2.05) is 4.98 Å². The summed E-state index contributed by atoms with van der Waals surface area (Å²) in [7, 11) is 0. The number of halogens is 5. The third-order valence-electron chi connectivity index (χ3n) is 4.77. The Morgan fingerprint density at radius 3 is 2.50 bits per heavy atom. The SMILES string of the molecule is O=c1[nH]c(=O)c2c(CF)nn(C(c3ccc(C(F)(F)F)c(F)c3)C3CC3)c2[nH]1. The second-order valence-electron chi connectivity index (χ2n) is 6.68. The molecule has 2 N–H and O–H groups in total. The molecule has 0 amide bonds. The summed E-state index contributed by atoms with van der Waals surface area (Å²) in [5, 5.41) is 3.90. The van der Waals surface area contributed by atoms with Gasteiger partial charge in [0.2, 0.25) is 0 Å². The minimum atomic E-state index is -4.84. The van der Waals surface area contributed by atoms with E-state index in [9.17, 15) is 31.5 Å². The van der Waals surface area contributed by atoms with Crippen LogP contribution in [-0.2, 0) is 12.9 Å². The Morgan fingerprint density at radius 1 is 1.21 bits per heavy atom. The first-order valence-electron chi connectivity index (χ1n) is 8.37. The zero-order valence-electron chi connectivity index (χ0n) is 14.1. The molecule has 2 heterocycles. The number of fused-ring (bicyclic) bond motifs is 1. The second-order valence-corrected chi connectivity index (χ2v) is 6.68. The number of aromatic amines is 2. The maximum Gasteiger partial charge on any atom is 0.419 e. The average molecular weight is 400 g/mol. The van der Waals surface area contributed by atoms with Crippen LogP contribution in [0.5, 0.6) is 0 Å². The molecule has 6 nitrogen and oxygen atoms in total. The number of hydrogen-bond acceptors (Lipinski definition) is 3. The number of nitrogens with zero attached hydrogens (tertiary/aromatic N) is 2. The molecule has 11 heteroatoms. The highest BCUT2D eigenvalue weighted by Gasteiger charge is 2.38. The van der Waals surface area contributed by atoms with Crippen molar-refractivity contribution in [3.63, 3.8) is 0 Å². The van der Waals surface area contributed by atoms with Crippen molar-refractivity contribution in [2.75, 3.05) is 0 Å². The van der Waals surface area contributed by atoms with Crippen LogP contribution >= 0.6 is 0 Å². The van der Waals surface area contributed by atoms with E-state index in [1.165, 1.54) is 4.68 Å². The molecule has 1 aliphatic rings. The molecule has 2 aromatic heterocycles. The highest BCUT2D eigenvalue weighted by atomic mass is 19.4. The molecule has 1 aliphatic carbocycles. The highest BCUT2D eigenvalue weighted by Crippen LogP contribution is 2.45. The van der Waals surface area contributed by atoms with Gasteiger partial charge in [-0.1, -0.05) is 6.07 Å². The van der Waals surface area contributed by atoms with Gasteiger partial charge >= 0.3 is 11.9 Å². The zero-order valence-corrected chi connectivity index (χ0v) is 14.1. The minimum Gasteiger partial charge on any atom is -0.291 e. The van der Waals surface area contributed by atoms with E-state index in [0.29, 0.717) is 18.9 Å². The molecule has 0 aliphatic heterocycles. The third kappa shape index (κ3) is 3.00. The number of H-pyrrole nitrogens is 2. The molecule has 148 valence electrons. The fourth-order valence-electron chi connectivity index (χ4n) is 3.41. The van der Waals surface area contributed by atoms with Crippen LogP contribution in [0, 0.1) is 11.7 Å². The van der Waals surface area contributed by atoms with Gasteiger partial charge in [0.05, 0.1) is 11.6 Å². The largest absolute Gasteiger partial charge is 0.419 e. The van der Waals surface area contributed by atoms with E-state index < -0.39 is 41.5 Å². The first-order valence-corrected chi connectivity index (χ1v) is 8.37. The van der Waals surface area contributed by atoms with Crippen molar-refractivity contribution in [2.24, 2.45) is 5.92 Å². The maximum absolute atomic E-state index is 14.1. The highest BCUT2D eigenvalue weighted by molar-refractivity contribution is 5.77. The van der Waals surface area contributed by atoms with E-state index in [4.69, 9.17) is 0 Å². The summed E-state index contributed by atoms with van der Waals surface area (Å²) in [6, 6.07) is 1.77. The number of nitrogens with one attached hydrogen (secondary N) is 2. The van der Waals surface area contributed by atoms with Crippen molar-refractivity contribution < 1.29 is 22.0 Å². The maximum atomic E-state index is 14.1. The molecule has 0 saturated heterocycles. The Labute approximate surface area is 153 Å². The van der Waals surface area contributed by atoms with E-state index in [0.717, 1.165) is 12.1 Å². The Balaban J connectivity index is 1.92. The molecule has 1 atom stereocenters. The molecule has 3 aromatic rings. The monoisotopic (exact) mass is 400 g/mol. The summed E-state index contributed by atoms with van der Waals surface area (Å²) >= 11 is 0. The summed E-state index contributed by atoms with van der Waals surface area (Å²) < 4.78 is 67.2. The van der Waals surface area contributed by atoms with Crippen LogP contribution in [-0.4, -0.2) is 19.7 Å². The summed E-state index contributed by atoms with van der Waals surface area (Å²) in [6.07, 6.45) is -3.46. The van der Waals surface area contributed by atoms with Crippen LogP contribution in [0.4, 0.5) is 22.0 Å². The molecule has 1 unspecified atom stereocenters. The Bertz CT molecular complexity index is 1170. The third-order valence-corrected chi connectivity index (χ3v) is 4.77. The smallest absolute Gasteiger partial charge is 0.291 e. The predicted molar refractivity (Wildman–Crippen MR) is 88.1 cm³/mol. The Hall–Kier alpha value is -2.98. The fourth-order valence-corrected chi connectivity index (χ4v) is 3.41. The van der Waals surface area contributed by atoms with Crippen LogP contribution in [0.1, 0.15) is 35.7 Å². The quantitative estimate of drug-likeness (QED) is 0.661. The summed E-state index contributed by atoms with van der Waals surface area (Å²) in [6.45, 7) is -1.09. The van der Waals surface area contributed by atoms with Crippen LogP contribution < -0.4 is 11.2 Å². The van der Waals surface area contributed by atoms with Crippen molar-refractivity contribution in [3.8, 4) is 0 Å². The van der Waals surface area contributed by atoms with Crippen LogP contribution in [0.25, 0.3) is 11.0 Å². The van der Waals surface area contributed by atoms with Crippen molar-refractivity contribution in [2.45, 2.75) is 31.7 Å². The summed E-state index contributed by atoms with van der Waals surface area (Å²) in [5.74, 6) is -1.54. The topological polar surface area (TPSA) is 83.5 Å². The average Bonchev–Trinajstić information content (AvgIpc) is 3.36. The normalized spacial score (nSPS) is 15.9. The number of hydrogen-bond donors (Lipinski definition) is 2. The first-order chi connectivity index (χ1) is 13.2. The Morgan fingerprint density at radius 2 is 1.93 bits per heavy atom. The van der Waals surface area contributed by atoms with E-state index >= 15 is 0 Å². The molecule has 1 saturated carbocycles. The minimum absolute atomic E-state index is 0.0568. The lowest BCUT2D eigenvalue weighted by atomic mass is 10.0. The van der Waals surface area contributed by atoms with E-state index in [2.05, 4.69) is 10.1 Å². The van der Waals surface area contributed by atoms with Gasteiger partial charge in [-0.25, -0.2) is 18.3 Å². The zero-order chi connectivity index (χ0) is 20.2. The van der Waals surface area contributed by atoms with Gasteiger partial charge in [-0.2, -0.15) is 18.3 Å². The van der Waals surface area contributed by atoms with Crippen molar-refractivity contribution in [1.82, 2.24) is 19.7 Å².